The van der Waals surface area contributed by atoms with Gasteiger partial charge in [0, 0.05) is 25.0 Å². The third kappa shape index (κ3) is 2.55. The molecule has 1 unspecified atom stereocenters. The van der Waals surface area contributed by atoms with Gasteiger partial charge in [-0.2, -0.15) is 0 Å². The Kier molecular flexibility index (Phi) is 3.50. The van der Waals surface area contributed by atoms with E-state index in [9.17, 15) is 4.79 Å². The van der Waals surface area contributed by atoms with Crippen LogP contribution >= 0.6 is 0 Å². The van der Waals surface area contributed by atoms with Gasteiger partial charge < -0.3 is 15.0 Å². The largest absolute Gasteiger partial charge is 0.369 e. The molecular weight excluding hydrogens is 204 g/mol. The van der Waals surface area contributed by atoms with E-state index in [-0.39, 0.29) is 18.6 Å². The van der Waals surface area contributed by atoms with Gasteiger partial charge in [-0.1, -0.05) is 0 Å². The summed E-state index contributed by atoms with van der Waals surface area (Å²) in [7, 11) is 0. The van der Waals surface area contributed by atoms with Crippen molar-refractivity contribution >= 4 is 5.91 Å². The SMILES string of the molecule is CC(C)OCC(=O)N1CCC2(CCNC2)C1. The molecule has 0 aromatic carbocycles. The van der Waals surface area contributed by atoms with Crippen molar-refractivity contribution in [3.05, 3.63) is 0 Å². The molecule has 2 saturated heterocycles. The molecule has 0 aliphatic carbocycles. The topological polar surface area (TPSA) is 41.6 Å². The molecule has 2 heterocycles. The van der Waals surface area contributed by atoms with Crippen molar-refractivity contribution in [2.75, 3.05) is 32.8 Å². The lowest BCUT2D eigenvalue weighted by Crippen LogP contribution is -2.35. The van der Waals surface area contributed by atoms with Crippen molar-refractivity contribution in [3.8, 4) is 0 Å². The summed E-state index contributed by atoms with van der Waals surface area (Å²) in [4.78, 5) is 13.8. The summed E-state index contributed by atoms with van der Waals surface area (Å²) in [6.07, 6.45) is 2.49. The Balaban J connectivity index is 1.81. The van der Waals surface area contributed by atoms with Crippen LogP contribution in [0.25, 0.3) is 0 Å². The van der Waals surface area contributed by atoms with Gasteiger partial charge in [0.25, 0.3) is 0 Å². The first kappa shape index (κ1) is 11.9. The highest BCUT2D eigenvalue weighted by molar-refractivity contribution is 5.77. The van der Waals surface area contributed by atoms with E-state index < -0.39 is 0 Å². The van der Waals surface area contributed by atoms with E-state index in [4.69, 9.17) is 4.74 Å². The number of carbonyl (C=O) groups is 1. The second kappa shape index (κ2) is 4.72. The number of hydrogen-bond donors (Lipinski definition) is 1. The Morgan fingerprint density at radius 2 is 2.31 bits per heavy atom. The number of nitrogens with zero attached hydrogens (tertiary/aromatic N) is 1. The van der Waals surface area contributed by atoms with Gasteiger partial charge in [0.15, 0.2) is 0 Å². The third-order valence-electron chi connectivity index (χ3n) is 3.66. The molecule has 2 fully saturated rings. The maximum atomic E-state index is 11.9. The first-order chi connectivity index (χ1) is 7.61. The molecule has 92 valence electrons. The van der Waals surface area contributed by atoms with Crippen molar-refractivity contribution in [2.24, 2.45) is 5.41 Å². The van der Waals surface area contributed by atoms with Crippen molar-refractivity contribution in [3.63, 3.8) is 0 Å². The van der Waals surface area contributed by atoms with E-state index in [1.807, 2.05) is 18.7 Å². The summed E-state index contributed by atoms with van der Waals surface area (Å²) in [5, 5.41) is 3.40. The molecule has 16 heavy (non-hydrogen) atoms. The molecule has 4 nitrogen and oxygen atoms in total. The summed E-state index contributed by atoms with van der Waals surface area (Å²) in [5.41, 5.74) is 0.369. The molecule has 0 aromatic heterocycles. The fourth-order valence-corrected chi connectivity index (χ4v) is 2.62. The number of rotatable bonds is 3. The second-order valence-corrected chi connectivity index (χ2v) is 5.35. The number of likely N-dealkylation sites (tertiary alicyclic amines) is 1. The first-order valence-electron chi connectivity index (χ1n) is 6.21. The van der Waals surface area contributed by atoms with E-state index in [0.29, 0.717) is 5.41 Å². The minimum absolute atomic E-state index is 0.133. The van der Waals surface area contributed by atoms with E-state index in [0.717, 1.165) is 32.6 Å². The maximum Gasteiger partial charge on any atom is 0.248 e. The molecule has 2 rings (SSSR count). The molecule has 0 radical (unpaired) electrons. The van der Waals surface area contributed by atoms with Crippen LogP contribution in [0, 0.1) is 5.41 Å². The van der Waals surface area contributed by atoms with Gasteiger partial charge in [0.1, 0.15) is 6.61 Å². The van der Waals surface area contributed by atoms with Gasteiger partial charge in [-0.25, -0.2) is 0 Å². The number of carbonyl (C=O) groups excluding carboxylic acids is 1. The molecule has 0 bridgehead atoms. The van der Waals surface area contributed by atoms with Crippen LogP contribution in [0.15, 0.2) is 0 Å². The summed E-state index contributed by atoms with van der Waals surface area (Å²) < 4.78 is 5.36. The number of ether oxygens (including phenoxy) is 1. The van der Waals surface area contributed by atoms with Gasteiger partial charge in [-0.3, -0.25) is 4.79 Å². The number of nitrogens with one attached hydrogen (secondary N) is 1. The molecule has 1 atom stereocenters. The molecule has 1 spiro atoms. The third-order valence-corrected chi connectivity index (χ3v) is 3.66. The van der Waals surface area contributed by atoms with Gasteiger partial charge >= 0.3 is 0 Å². The Bertz CT molecular complexity index is 260. The Labute approximate surface area is 97.3 Å². The average molecular weight is 226 g/mol. The predicted molar refractivity (Wildman–Crippen MR) is 62.2 cm³/mol. The minimum atomic E-state index is 0.133. The molecule has 2 aliphatic heterocycles. The van der Waals surface area contributed by atoms with Crippen LogP contribution in [-0.4, -0.2) is 49.7 Å². The average Bonchev–Trinajstić information content (AvgIpc) is 2.86. The van der Waals surface area contributed by atoms with E-state index in [2.05, 4.69) is 5.32 Å². The van der Waals surface area contributed by atoms with Crippen molar-refractivity contribution < 1.29 is 9.53 Å². The molecule has 1 amide bonds. The van der Waals surface area contributed by atoms with E-state index in [1.54, 1.807) is 0 Å². The van der Waals surface area contributed by atoms with Crippen LogP contribution in [-0.2, 0) is 9.53 Å². The number of hydrogen-bond acceptors (Lipinski definition) is 3. The van der Waals surface area contributed by atoms with Gasteiger partial charge in [-0.05, 0) is 33.2 Å². The lowest BCUT2D eigenvalue weighted by atomic mass is 9.87. The Morgan fingerprint density at radius 1 is 1.50 bits per heavy atom. The van der Waals surface area contributed by atoms with Crippen LogP contribution in [0.4, 0.5) is 0 Å². The van der Waals surface area contributed by atoms with Crippen LogP contribution in [0.2, 0.25) is 0 Å². The van der Waals surface area contributed by atoms with E-state index >= 15 is 0 Å². The highest BCUT2D eigenvalue weighted by Gasteiger charge is 2.41. The zero-order valence-electron chi connectivity index (χ0n) is 10.3. The van der Waals surface area contributed by atoms with Gasteiger partial charge in [0.05, 0.1) is 6.10 Å². The fourth-order valence-electron chi connectivity index (χ4n) is 2.62. The molecule has 0 aromatic rings. The maximum absolute atomic E-state index is 11.9. The van der Waals surface area contributed by atoms with Crippen LogP contribution in [0.5, 0.6) is 0 Å². The fraction of sp³-hybridized carbons (Fsp3) is 0.917. The smallest absolute Gasteiger partial charge is 0.248 e. The van der Waals surface area contributed by atoms with Crippen molar-refractivity contribution in [1.29, 1.82) is 0 Å². The zero-order valence-corrected chi connectivity index (χ0v) is 10.3. The van der Waals surface area contributed by atoms with Crippen molar-refractivity contribution in [1.82, 2.24) is 10.2 Å². The molecule has 1 N–H and O–H groups in total. The standard InChI is InChI=1S/C12H22N2O2/c1-10(2)16-7-11(15)14-6-4-12(9-14)3-5-13-8-12/h10,13H,3-9H2,1-2H3. The van der Waals surface area contributed by atoms with Crippen LogP contribution in [0.3, 0.4) is 0 Å². The summed E-state index contributed by atoms with van der Waals surface area (Å²) in [6.45, 7) is 8.15. The monoisotopic (exact) mass is 226 g/mol. The minimum Gasteiger partial charge on any atom is -0.369 e. The molecule has 0 saturated carbocycles. The van der Waals surface area contributed by atoms with Gasteiger partial charge in [-0.15, -0.1) is 0 Å². The van der Waals surface area contributed by atoms with Crippen molar-refractivity contribution in [2.45, 2.75) is 32.8 Å². The Morgan fingerprint density at radius 3 is 2.94 bits per heavy atom. The second-order valence-electron chi connectivity index (χ2n) is 5.35. The lowest BCUT2D eigenvalue weighted by Gasteiger charge is -2.23. The van der Waals surface area contributed by atoms with Crippen LogP contribution < -0.4 is 5.32 Å². The van der Waals surface area contributed by atoms with Gasteiger partial charge in [0.2, 0.25) is 5.91 Å². The summed E-state index contributed by atoms with van der Waals surface area (Å²) in [5.74, 6) is 0.150. The number of amides is 1. The molecule has 2 aliphatic rings. The molecule has 4 heteroatoms. The summed E-state index contributed by atoms with van der Waals surface area (Å²) >= 11 is 0. The lowest BCUT2D eigenvalue weighted by molar-refractivity contribution is -0.136. The predicted octanol–water partition coefficient (Wildman–Crippen LogP) is 0.623. The first-order valence-corrected chi connectivity index (χ1v) is 6.21. The normalized spacial score (nSPS) is 29.6. The van der Waals surface area contributed by atoms with Crippen LogP contribution in [0.1, 0.15) is 26.7 Å². The molecular formula is C12H22N2O2. The quantitative estimate of drug-likeness (QED) is 0.767. The Hall–Kier alpha value is -0.610. The highest BCUT2D eigenvalue weighted by Crippen LogP contribution is 2.35. The highest BCUT2D eigenvalue weighted by atomic mass is 16.5. The summed E-state index contributed by atoms with van der Waals surface area (Å²) in [6, 6.07) is 0. The zero-order chi connectivity index (χ0) is 11.6. The van der Waals surface area contributed by atoms with E-state index in [1.165, 1.54) is 6.42 Å².